The Bertz CT molecular complexity index is 1950. The number of quaternary nitrogens is 1. The summed E-state index contributed by atoms with van der Waals surface area (Å²) >= 11 is 0. The molecule has 3 heterocycles. The van der Waals surface area contributed by atoms with Gasteiger partial charge in [0, 0.05) is 346 Å². The van der Waals surface area contributed by atoms with Crippen molar-refractivity contribution in [2.24, 2.45) is 34.0 Å². The van der Waals surface area contributed by atoms with Gasteiger partial charge in [0.05, 0.1) is 29.9 Å². The summed E-state index contributed by atoms with van der Waals surface area (Å²) < 4.78 is 5.07. The second kappa shape index (κ2) is 65.1. The van der Waals surface area contributed by atoms with Gasteiger partial charge in [-0.05, 0) is 87.1 Å². The van der Waals surface area contributed by atoms with Crippen LogP contribution in [0.1, 0.15) is 160 Å². The first-order chi connectivity index (χ1) is 33.2. The van der Waals surface area contributed by atoms with Crippen LogP contribution in [0.5, 0.6) is 0 Å². The van der Waals surface area contributed by atoms with Gasteiger partial charge in [-0.1, -0.05) is 60.8 Å². The van der Waals surface area contributed by atoms with E-state index in [0.717, 1.165) is 45.1 Å². The third-order valence-corrected chi connectivity index (χ3v) is 13.1. The Balaban J connectivity index is -0.0000000550. The summed E-state index contributed by atoms with van der Waals surface area (Å²) in [4.78, 5) is 124. The number of Topliss-reactive ketones (excluding diaryl/α,β-unsaturated/α-hetero) is 6. The van der Waals surface area contributed by atoms with Gasteiger partial charge >= 0.3 is 6.09 Å². The number of ketones is 6. The molecule has 30 heteroatoms. The van der Waals surface area contributed by atoms with Crippen molar-refractivity contribution in [3.63, 3.8) is 0 Å². The molecule has 4 amide bonds. The van der Waals surface area contributed by atoms with Crippen molar-refractivity contribution >= 4 is 58.5 Å². The third kappa shape index (κ3) is 44.6. The summed E-state index contributed by atoms with van der Waals surface area (Å²) in [6.07, 6.45) is 5.97. The van der Waals surface area contributed by atoms with Crippen molar-refractivity contribution in [2.45, 2.75) is 184 Å². The van der Waals surface area contributed by atoms with E-state index < -0.39 is 52.0 Å². The fourth-order valence-electron chi connectivity index (χ4n) is 8.49. The van der Waals surface area contributed by atoms with E-state index in [1.54, 1.807) is 54.4 Å². The van der Waals surface area contributed by atoms with Crippen molar-refractivity contribution in [3.05, 3.63) is 82.3 Å². The van der Waals surface area contributed by atoms with Gasteiger partial charge in [-0.2, -0.15) is 0 Å². The van der Waals surface area contributed by atoms with Gasteiger partial charge in [-0.25, -0.2) is 17.9 Å². The predicted octanol–water partition coefficient (Wildman–Crippen LogP) is 4.47. The molecule has 3 saturated carbocycles. The van der Waals surface area contributed by atoms with Gasteiger partial charge < -0.3 is 106 Å². The number of hydrogen-bond acceptors (Lipinski definition) is 12. The second-order valence-corrected chi connectivity index (χ2v) is 19.6. The molecule has 0 aromatic rings. The number of ether oxygens (including phenoxy) is 1. The number of likely N-dealkylation sites (tertiary alicyclic amines) is 3. The number of likely N-dealkylation sites (N-methyl/N-ethyl adjacent to an activating group) is 1. The number of amides is 4. The maximum atomic E-state index is 12.7. The molecule has 492 valence electrons. The van der Waals surface area contributed by atoms with E-state index in [4.69, 9.17) is 4.74 Å². The largest absolute Gasteiger partial charge is 1.00 e. The van der Waals surface area contributed by atoms with E-state index >= 15 is 0 Å². The van der Waals surface area contributed by atoms with Gasteiger partial charge in [0.25, 0.3) is 0 Å². The molecule has 17 nitrogen and oxygen atoms in total. The molecule has 87 heavy (non-hydrogen) atoms. The van der Waals surface area contributed by atoms with Crippen molar-refractivity contribution in [2.75, 3.05) is 7.05 Å². The third-order valence-electron chi connectivity index (χ3n) is 13.1. The summed E-state index contributed by atoms with van der Waals surface area (Å²) in [6.45, 7) is 41.9. The minimum Gasteiger partial charge on any atom is -1.00 e. The van der Waals surface area contributed by atoms with Gasteiger partial charge in [0.2, 0.25) is 0 Å². The normalized spacial score (nSPS) is 19.8. The van der Waals surface area contributed by atoms with Crippen LogP contribution in [0, 0.1) is 210 Å². The van der Waals surface area contributed by atoms with Crippen LogP contribution in [0.4, 0.5) is 4.79 Å². The quantitative estimate of drug-likeness (QED) is 0.171. The first kappa shape index (κ1) is 133. The molecule has 6 fully saturated rings. The molecule has 6 atom stereocenters. The van der Waals surface area contributed by atoms with Gasteiger partial charge in [0.1, 0.15) is 28.9 Å². The van der Waals surface area contributed by atoms with E-state index in [-0.39, 0.29) is 429 Å². The number of alkyl carbamates (subject to hydrolysis) is 1. The second-order valence-electron chi connectivity index (χ2n) is 19.6. The SMILES string of the molecule is CC.CC.CC.[CH2-]C1[CH-]N(C(=O)[CH-]NC(=O)OC(C)(C)C)[C@H](C(=O)CC2(C(C)=O)CC2)C1.[CH2-]C1[CH-]N(C(=O)[CH-]NC)[C@H](C(=O)CC2(C(C)=O)CC2)C1.[CH2-]C1[CH-]N(C(=O)[CH-][NH3+])[C@H](C(=O)CC2(C(C)=O)CC2)C1.[CH3-].[CH3-].[CH3-].[Cl-].[U].[U].[U].[V].[V].[V].[W].[W].[W].[Y].[Y].[Y]. The summed E-state index contributed by atoms with van der Waals surface area (Å²) in [5.74, 6) is -1.35. The molecule has 3 aliphatic carbocycles. The van der Waals surface area contributed by atoms with Crippen LogP contribution in [0.15, 0.2) is 0 Å². The van der Waals surface area contributed by atoms with Crippen LogP contribution in [0.3, 0.4) is 0 Å². The number of nitrogens with zero attached hydrogens (tertiary/aromatic N) is 3. The van der Waals surface area contributed by atoms with Crippen molar-refractivity contribution in [1.82, 2.24) is 25.3 Å². The zero-order valence-electron chi connectivity index (χ0n) is 54.3. The fourth-order valence-corrected chi connectivity index (χ4v) is 8.49. The Hall–Kier alpha value is 5.81. The number of rotatable bonds is 17. The minimum atomic E-state index is -0.743. The molecule has 0 spiro atoms. The molecule has 0 aromatic carbocycles. The van der Waals surface area contributed by atoms with Crippen LogP contribution >= 0.6 is 0 Å². The summed E-state index contributed by atoms with van der Waals surface area (Å²) in [6, 6.07) is -1.62. The zero-order valence-corrected chi connectivity index (χ0v) is 89.0. The maximum absolute atomic E-state index is 12.7. The molecule has 6 aliphatic rings. The Morgan fingerprint density at radius 3 is 0.954 bits per heavy atom. The van der Waals surface area contributed by atoms with E-state index in [2.05, 4.69) is 37.1 Å². The smallest absolute Gasteiger partial charge is 0.381 e. The van der Waals surface area contributed by atoms with Gasteiger partial charge in [-0.15, -0.1) is 6.54 Å². The van der Waals surface area contributed by atoms with Crippen LogP contribution in [-0.2, 0) is 265 Å². The average Bonchev–Trinajstić information content (AvgIpc) is 4.28. The number of hydrogen-bond donors (Lipinski definition) is 3. The van der Waals surface area contributed by atoms with E-state index in [1.807, 2.05) is 41.5 Å². The predicted molar refractivity (Wildman–Crippen MR) is 289 cm³/mol. The van der Waals surface area contributed by atoms with Crippen LogP contribution in [-0.4, -0.2) is 104 Å². The molecule has 5 N–H and O–H groups in total. The van der Waals surface area contributed by atoms with Crippen LogP contribution < -0.4 is 28.8 Å². The molecule has 3 unspecified atom stereocenters. The standard InChI is InChI=1S/C19H27N2O5.C15H21N2O3.C14H20N2O3.3C2H6.3CH3.ClH.3U.3V.3W.3Y/c1-12-8-14(15(23)9-19(6-7-19)13(2)22)21(11-12)16(24)10-20-17(25)26-18(3,4)5;1-10-6-12(17(9-10)14(20)8-16-3)13(19)7-15(4-5-15)11(2)18;1-9-5-11(16(8-9)13(19)7-15)12(18)6-14(3-4-14)10(2)17;3*1-2;;;;;;;;;;;;;;;;/h10-12,14H,1,6-9H2,2-5H3,(H,20,25);8-10,12,16H,1,4-7H2,2-3H3;7-9,11H,1,3-6H2,2,15H3;3*1-2H3;3*1H3;1H;;;;;;;;;;;;/q2*-3;-2;;;;3*-1;;;;;;;;;;;;;/p-1/t12?,14-;10?,12-;9?,11-;;;;;;;;;;;;;;;;;;;/m000.................../s1. The first-order valence-corrected chi connectivity index (χ1v) is 25.3. The first-order valence-electron chi connectivity index (χ1n) is 25.3. The fraction of sp³-hybridized carbons (Fsp3) is 0.614. The number of carbonyl (C=O) groups excluding carboxylic acids is 10. The topological polar surface area (TPSA) is 241 Å². The van der Waals surface area contributed by atoms with Crippen molar-refractivity contribution in [3.8, 4) is 0 Å². The monoisotopic (exact) mass is 2760 g/mol. The molecule has 3 aliphatic heterocycles. The molecule has 0 aromatic heterocycles. The van der Waals surface area contributed by atoms with Crippen molar-refractivity contribution in [1.29, 1.82) is 0 Å². The van der Waals surface area contributed by atoms with E-state index in [0.29, 0.717) is 19.3 Å². The number of carbonyl (C=O) groups is 10. The van der Waals surface area contributed by atoms with E-state index in [1.165, 1.54) is 41.6 Å². The zero-order chi connectivity index (χ0) is 54.8. The molecular weight excluding hydrogens is 2670 g/mol. The average molecular weight is 2760 g/mol. The van der Waals surface area contributed by atoms with E-state index in [9.17, 15) is 47.9 Å². The van der Waals surface area contributed by atoms with Crippen LogP contribution in [0.25, 0.3) is 0 Å². The van der Waals surface area contributed by atoms with Gasteiger partial charge in [0.15, 0.2) is 17.3 Å². The molecular formula is C57H95ClN6O11U3V3W3Y3-12. The molecule has 3 saturated heterocycles. The minimum absolute atomic E-state index is 0. The molecule has 6 radical (unpaired) electrons. The Morgan fingerprint density at radius 1 is 0.529 bits per heavy atom. The maximum Gasteiger partial charge on any atom is 0.381 e. The van der Waals surface area contributed by atoms with Gasteiger partial charge in [-0.3, -0.25) is 66.2 Å². The summed E-state index contributed by atoms with van der Waals surface area (Å²) in [5.41, 5.74) is 1.33. The Kier molecular flexibility index (Phi) is 99.3. The Morgan fingerprint density at radius 2 is 0.759 bits per heavy atom. The summed E-state index contributed by atoms with van der Waals surface area (Å²) in [7, 11) is 1.64. The number of halogens is 1. The Labute approximate surface area is 759 Å². The molecule has 0 bridgehead atoms. The van der Waals surface area contributed by atoms with Crippen molar-refractivity contribution < 1.29 is 381 Å². The number of nitrogens with one attached hydrogen (secondary N) is 2. The molecule has 6 rings (SSSR count). The van der Waals surface area contributed by atoms with Crippen LogP contribution in [0.2, 0.25) is 0 Å². The summed E-state index contributed by atoms with van der Waals surface area (Å²) in [5, 5.41) is 4.96.